The van der Waals surface area contributed by atoms with Crippen LogP contribution in [0, 0.1) is 0 Å². The zero-order valence-corrected chi connectivity index (χ0v) is 17.7. The average Bonchev–Trinajstić information content (AvgIpc) is 3.23. The number of aliphatic hydroxyl groups excluding tert-OH is 2. The number of halogens is 2. The lowest BCUT2D eigenvalue weighted by molar-refractivity contribution is 0.0911. The van der Waals surface area contributed by atoms with Crippen LogP contribution >= 0.6 is 23.2 Å². The van der Waals surface area contributed by atoms with Crippen LogP contribution in [0.15, 0.2) is 48.8 Å². The molecule has 3 aromatic rings. The van der Waals surface area contributed by atoms with Crippen LogP contribution in [0.1, 0.15) is 29.0 Å². The molecule has 2 aromatic heterocycles. The first kappa shape index (κ1) is 22.1. The number of anilines is 1. The van der Waals surface area contributed by atoms with Crippen LogP contribution in [0.25, 0.3) is 11.1 Å². The second-order valence-corrected chi connectivity index (χ2v) is 7.69. The van der Waals surface area contributed by atoms with Gasteiger partial charge in [-0.3, -0.25) is 4.79 Å². The van der Waals surface area contributed by atoms with Gasteiger partial charge in [0.1, 0.15) is 11.5 Å². The summed E-state index contributed by atoms with van der Waals surface area (Å²) in [6.07, 6.45) is 3.18. The van der Waals surface area contributed by atoms with E-state index in [1.165, 1.54) is 6.20 Å². The Morgan fingerprint density at radius 3 is 2.70 bits per heavy atom. The Morgan fingerprint density at radius 1 is 1.20 bits per heavy atom. The van der Waals surface area contributed by atoms with E-state index in [1.807, 2.05) is 6.92 Å². The van der Waals surface area contributed by atoms with E-state index in [0.29, 0.717) is 38.2 Å². The number of amides is 1. The Labute approximate surface area is 184 Å². The maximum atomic E-state index is 12.7. The van der Waals surface area contributed by atoms with Crippen LogP contribution in [0.5, 0.6) is 0 Å². The molecule has 7 nitrogen and oxygen atoms in total. The third kappa shape index (κ3) is 5.31. The highest BCUT2D eigenvalue weighted by Crippen LogP contribution is 2.30. The standard InChI is InChI=1S/C21H22Cl2N4O3/c1-12(10-28)26-20-7-16(17(23)9-25-20)14-6-18(24-8-14)21(30)27-19(11-29)13-3-2-4-15(22)5-13/h2-9,12,19,24,28-29H,10-11H2,1H3,(H,25,26)(H,27,30)/t12-,19?/m0/s1. The first-order valence-corrected chi connectivity index (χ1v) is 10.1. The summed E-state index contributed by atoms with van der Waals surface area (Å²) in [5.74, 6) is 0.183. The molecule has 0 saturated carbocycles. The molecule has 0 aliphatic rings. The predicted molar refractivity (Wildman–Crippen MR) is 118 cm³/mol. The third-order valence-electron chi connectivity index (χ3n) is 4.50. The number of benzene rings is 1. The number of nitrogens with zero attached hydrogens (tertiary/aromatic N) is 1. The highest BCUT2D eigenvalue weighted by Gasteiger charge is 2.18. The van der Waals surface area contributed by atoms with Crippen LogP contribution in [-0.2, 0) is 0 Å². The van der Waals surface area contributed by atoms with Crippen LogP contribution < -0.4 is 10.6 Å². The number of hydrogen-bond acceptors (Lipinski definition) is 5. The van der Waals surface area contributed by atoms with Crippen molar-refractivity contribution in [1.29, 1.82) is 0 Å². The van der Waals surface area contributed by atoms with Crippen molar-refractivity contribution < 1.29 is 15.0 Å². The number of pyridine rings is 1. The van der Waals surface area contributed by atoms with Gasteiger partial charge >= 0.3 is 0 Å². The number of nitrogens with one attached hydrogen (secondary N) is 3. The van der Waals surface area contributed by atoms with E-state index in [0.717, 1.165) is 0 Å². The van der Waals surface area contributed by atoms with Crippen molar-refractivity contribution in [3.8, 4) is 11.1 Å². The number of carbonyl (C=O) groups excluding carboxylic acids is 1. The maximum absolute atomic E-state index is 12.7. The lowest BCUT2D eigenvalue weighted by Crippen LogP contribution is -2.31. The molecule has 0 bridgehead atoms. The average molecular weight is 449 g/mol. The summed E-state index contributed by atoms with van der Waals surface area (Å²) in [6.45, 7) is 1.52. The zero-order chi connectivity index (χ0) is 21.7. The molecular formula is C21H22Cl2N4O3. The lowest BCUT2D eigenvalue weighted by atomic mass is 10.1. The summed E-state index contributed by atoms with van der Waals surface area (Å²) in [7, 11) is 0. The number of H-pyrrole nitrogens is 1. The molecule has 0 fully saturated rings. The predicted octanol–water partition coefficient (Wildman–Crippen LogP) is 3.64. The van der Waals surface area contributed by atoms with E-state index in [-0.39, 0.29) is 25.2 Å². The molecule has 1 unspecified atom stereocenters. The number of carbonyl (C=O) groups is 1. The Balaban J connectivity index is 1.78. The maximum Gasteiger partial charge on any atom is 0.268 e. The van der Waals surface area contributed by atoms with Crippen molar-refractivity contribution >= 4 is 34.9 Å². The minimum absolute atomic E-state index is 0.0350. The fourth-order valence-electron chi connectivity index (χ4n) is 2.91. The topological polar surface area (TPSA) is 110 Å². The van der Waals surface area contributed by atoms with Crippen molar-refractivity contribution in [2.24, 2.45) is 0 Å². The van der Waals surface area contributed by atoms with Gasteiger partial charge in [0, 0.05) is 34.6 Å². The van der Waals surface area contributed by atoms with Gasteiger partial charge in [0.15, 0.2) is 0 Å². The molecule has 2 atom stereocenters. The summed E-state index contributed by atoms with van der Waals surface area (Å²) in [5, 5.41) is 25.7. The molecule has 0 saturated heterocycles. The summed E-state index contributed by atoms with van der Waals surface area (Å²) in [6, 6.07) is 9.62. The minimum Gasteiger partial charge on any atom is -0.394 e. The normalized spacial score (nSPS) is 13.0. The van der Waals surface area contributed by atoms with E-state index in [4.69, 9.17) is 23.2 Å². The lowest BCUT2D eigenvalue weighted by Gasteiger charge is -2.16. The molecule has 3 rings (SSSR count). The summed E-state index contributed by atoms with van der Waals surface area (Å²) in [4.78, 5) is 19.8. The van der Waals surface area contributed by atoms with Crippen LogP contribution in [0.3, 0.4) is 0 Å². The highest BCUT2D eigenvalue weighted by atomic mass is 35.5. The van der Waals surface area contributed by atoms with Gasteiger partial charge in [0.05, 0.1) is 24.3 Å². The van der Waals surface area contributed by atoms with Gasteiger partial charge in [-0.1, -0.05) is 35.3 Å². The molecule has 5 N–H and O–H groups in total. The number of aliphatic hydroxyl groups is 2. The number of rotatable bonds is 8. The van der Waals surface area contributed by atoms with E-state index < -0.39 is 6.04 Å². The Kier molecular flexibility index (Phi) is 7.33. The monoisotopic (exact) mass is 448 g/mol. The SMILES string of the molecule is C[C@@H](CO)Nc1cc(-c2c[nH]c(C(=O)NC(CO)c3cccc(Cl)c3)c2)c(Cl)cn1. The third-order valence-corrected chi connectivity index (χ3v) is 5.04. The van der Waals surface area contributed by atoms with Crippen LogP contribution in [-0.4, -0.2) is 45.3 Å². The van der Waals surface area contributed by atoms with Crippen molar-refractivity contribution in [2.75, 3.05) is 18.5 Å². The number of hydrogen-bond donors (Lipinski definition) is 5. The van der Waals surface area contributed by atoms with Gasteiger partial charge in [-0.2, -0.15) is 0 Å². The Bertz CT molecular complexity index is 1020. The molecule has 1 amide bonds. The van der Waals surface area contributed by atoms with E-state index in [2.05, 4.69) is 20.6 Å². The van der Waals surface area contributed by atoms with Crippen molar-refractivity contribution in [2.45, 2.75) is 19.0 Å². The Hall–Kier alpha value is -2.58. The molecule has 0 aliphatic carbocycles. The van der Waals surface area contributed by atoms with Gasteiger partial charge in [-0.15, -0.1) is 0 Å². The summed E-state index contributed by atoms with van der Waals surface area (Å²) >= 11 is 12.3. The van der Waals surface area contributed by atoms with E-state index in [9.17, 15) is 15.0 Å². The van der Waals surface area contributed by atoms with Crippen molar-refractivity contribution in [3.63, 3.8) is 0 Å². The Morgan fingerprint density at radius 2 is 2.00 bits per heavy atom. The molecule has 0 radical (unpaired) electrons. The smallest absolute Gasteiger partial charge is 0.268 e. The molecule has 1 aromatic carbocycles. The molecule has 158 valence electrons. The van der Waals surface area contributed by atoms with E-state index in [1.54, 1.807) is 42.6 Å². The van der Waals surface area contributed by atoms with E-state index >= 15 is 0 Å². The minimum atomic E-state index is -0.594. The van der Waals surface area contributed by atoms with Gasteiger partial charge in [0.2, 0.25) is 0 Å². The van der Waals surface area contributed by atoms with Crippen molar-refractivity contribution in [1.82, 2.24) is 15.3 Å². The number of aromatic amines is 1. The first-order chi connectivity index (χ1) is 14.4. The number of aromatic nitrogens is 2. The van der Waals surface area contributed by atoms with Gasteiger partial charge in [-0.05, 0) is 36.8 Å². The van der Waals surface area contributed by atoms with Crippen LogP contribution in [0.4, 0.5) is 5.82 Å². The highest BCUT2D eigenvalue weighted by molar-refractivity contribution is 6.33. The fourth-order valence-corrected chi connectivity index (χ4v) is 3.32. The molecule has 2 heterocycles. The van der Waals surface area contributed by atoms with Crippen molar-refractivity contribution in [3.05, 3.63) is 70.1 Å². The molecule has 9 heteroatoms. The summed E-state index contributed by atoms with van der Waals surface area (Å²) < 4.78 is 0. The molecule has 30 heavy (non-hydrogen) atoms. The first-order valence-electron chi connectivity index (χ1n) is 9.30. The molecule has 0 aliphatic heterocycles. The second-order valence-electron chi connectivity index (χ2n) is 6.84. The summed E-state index contributed by atoms with van der Waals surface area (Å²) in [5.41, 5.74) is 2.41. The van der Waals surface area contributed by atoms with Crippen LogP contribution in [0.2, 0.25) is 10.0 Å². The van der Waals surface area contributed by atoms with Gasteiger partial charge in [-0.25, -0.2) is 4.98 Å². The molecule has 0 spiro atoms. The second kappa shape index (κ2) is 9.95. The quantitative estimate of drug-likeness (QED) is 0.361. The zero-order valence-electron chi connectivity index (χ0n) is 16.2. The molecular weight excluding hydrogens is 427 g/mol. The fraction of sp³-hybridized carbons (Fsp3) is 0.238. The largest absolute Gasteiger partial charge is 0.394 e. The van der Waals surface area contributed by atoms with Gasteiger partial charge in [0.25, 0.3) is 5.91 Å². The van der Waals surface area contributed by atoms with Gasteiger partial charge < -0.3 is 25.8 Å².